The molecule has 0 spiro atoms. The molecule has 0 saturated heterocycles. The van der Waals surface area contributed by atoms with Crippen LogP contribution in [0, 0.1) is 0 Å². The molecule has 0 fully saturated rings. The summed E-state index contributed by atoms with van der Waals surface area (Å²) >= 11 is 0. The van der Waals surface area contributed by atoms with Crippen LogP contribution in [0.1, 0.15) is 0 Å². The highest BCUT2D eigenvalue weighted by atomic mass is 16.3. The summed E-state index contributed by atoms with van der Waals surface area (Å²) in [7, 11) is 0. The standard InChI is InChI=1S/C57H35N5O/c1-4-15-36(16-5-1)39-27-30-43-42-21-10-12-25-49(42)61(50(43)33-39)56-58-55(48-24-14-23-47-46-22-11-13-26-53(46)63-54(47)48)59-57(60-56)62-51-34-40(37-17-6-2-7-18-37)28-31-44(51)45-32-29-41(35-52(45)62)38-19-8-3-9-20-38/h1-35H. The third-order valence-electron chi connectivity index (χ3n) is 12.4. The van der Waals surface area contributed by atoms with Gasteiger partial charge in [-0.1, -0.05) is 176 Å². The smallest absolute Gasteiger partial charge is 0.240 e. The van der Waals surface area contributed by atoms with Crippen LogP contribution >= 0.6 is 0 Å². The minimum atomic E-state index is 0.503. The van der Waals surface area contributed by atoms with Crippen LogP contribution in [-0.4, -0.2) is 24.1 Å². The minimum absolute atomic E-state index is 0.503. The van der Waals surface area contributed by atoms with Gasteiger partial charge < -0.3 is 4.42 Å². The summed E-state index contributed by atoms with van der Waals surface area (Å²) in [6.07, 6.45) is 0. The Kier molecular flexibility index (Phi) is 7.80. The molecule has 4 heterocycles. The molecule has 9 aromatic carbocycles. The predicted octanol–water partition coefficient (Wildman–Crippen LogP) is 14.6. The molecular formula is C57H35N5O. The molecule has 0 aliphatic carbocycles. The Labute approximate surface area is 361 Å². The number of para-hydroxylation sites is 3. The Morgan fingerprint density at radius 1 is 0.302 bits per heavy atom. The average Bonchev–Trinajstić information content (AvgIpc) is 4.01. The van der Waals surface area contributed by atoms with Crippen molar-refractivity contribution >= 4 is 65.6 Å². The van der Waals surface area contributed by atoms with Crippen molar-refractivity contribution in [2.75, 3.05) is 0 Å². The van der Waals surface area contributed by atoms with Crippen molar-refractivity contribution in [2.24, 2.45) is 0 Å². The maximum absolute atomic E-state index is 6.66. The molecular weight excluding hydrogens is 771 g/mol. The van der Waals surface area contributed by atoms with Crippen molar-refractivity contribution in [1.29, 1.82) is 0 Å². The topological polar surface area (TPSA) is 61.7 Å². The normalized spacial score (nSPS) is 11.8. The van der Waals surface area contributed by atoms with Crippen LogP contribution in [0.2, 0.25) is 0 Å². The zero-order valence-electron chi connectivity index (χ0n) is 33.9. The largest absolute Gasteiger partial charge is 0.455 e. The summed E-state index contributed by atoms with van der Waals surface area (Å²) in [4.78, 5) is 16.5. The van der Waals surface area contributed by atoms with Gasteiger partial charge in [-0.2, -0.15) is 15.0 Å². The molecule has 0 aliphatic heterocycles. The Balaban J connectivity index is 1.16. The second kappa shape index (κ2) is 14.0. The van der Waals surface area contributed by atoms with E-state index in [1.807, 2.05) is 18.2 Å². The van der Waals surface area contributed by atoms with Crippen molar-refractivity contribution in [3.8, 4) is 56.7 Å². The summed E-state index contributed by atoms with van der Waals surface area (Å²) in [5.41, 5.74) is 13.1. The molecule has 6 nitrogen and oxygen atoms in total. The first-order valence-corrected chi connectivity index (χ1v) is 21.2. The number of nitrogens with zero attached hydrogens (tertiary/aromatic N) is 5. The fourth-order valence-electron chi connectivity index (χ4n) is 9.45. The Morgan fingerprint density at radius 2 is 0.730 bits per heavy atom. The van der Waals surface area contributed by atoms with Gasteiger partial charge in [0, 0.05) is 32.3 Å². The Hall–Kier alpha value is -8.61. The van der Waals surface area contributed by atoms with E-state index >= 15 is 0 Å². The van der Waals surface area contributed by atoms with E-state index in [1.54, 1.807) is 0 Å². The molecule has 13 aromatic rings. The maximum Gasteiger partial charge on any atom is 0.240 e. The molecule has 6 heteroatoms. The highest BCUT2D eigenvalue weighted by molar-refractivity contribution is 6.12. The zero-order chi connectivity index (χ0) is 41.4. The molecule has 0 radical (unpaired) electrons. The highest BCUT2D eigenvalue weighted by Crippen LogP contribution is 2.40. The molecule has 0 unspecified atom stereocenters. The number of rotatable bonds is 6. The second-order valence-electron chi connectivity index (χ2n) is 16.0. The molecule has 0 atom stereocenters. The van der Waals surface area contributed by atoms with Gasteiger partial charge in [0.25, 0.3) is 0 Å². The lowest BCUT2D eigenvalue weighted by atomic mass is 10.0. The summed E-state index contributed by atoms with van der Waals surface area (Å²) in [6, 6.07) is 74.6. The lowest BCUT2D eigenvalue weighted by molar-refractivity contribution is 0.669. The SMILES string of the molecule is c1ccc(-c2ccc3c4ccccc4n(-c4nc(-c5cccc6c5oc5ccccc56)nc(-n5c6cc(-c7ccccc7)ccc6c6ccc(-c7ccccc7)cc65)n4)c3c2)cc1. The van der Waals surface area contributed by atoms with Crippen LogP contribution in [0.4, 0.5) is 0 Å². The number of aromatic nitrogens is 5. The third kappa shape index (κ3) is 5.62. The van der Waals surface area contributed by atoms with E-state index in [4.69, 9.17) is 19.4 Å². The highest BCUT2D eigenvalue weighted by Gasteiger charge is 2.23. The van der Waals surface area contributed by atoms with E-state index in [2.05, 4.69) is 203 Å². The van der Waals surface area contributed by atoms with Gasteiger partial charge >= 0.3 is 0 Å². The summed E-state index contributed by atoms with van der Waals surface area (Å²) in [6.45, 7) is 0. The number of benzene rings is 9. The fourth-order valence-corrected chi connectivity index (χ4v) is 9.45. The van der Waals surface area contributed by atoms with Gasteiger partial charge in [-0.25, -0.2) is 0 Å². The first-order valence-electron chi connectivity index (χ1n) is 21.2. The molecule has 63 heavy (non-hydrogen) atoms. The van der Waals surface area contributed by atoms with Crippen molar-refractivity contribution in [1.82, 2.24) is 24.1 Å². The van der Waals surface area contributed by atoms with Crippen LogP contribution in [0.25, 0.3) is 122 Å². The first-order chi connectivity index (χ1) is 31.2. The molecule has 0 saturated carbocycles. The number of fused-ring (bicyclic) bond motifs is 9. The van der Waals surface area contributed by atoms with Crippen molar-refractivity contribution < 1.29 is 4.42 Å². The van der Waals surface area contributed by atoms with Gasteiger partial charge in [-0.05, 0) is 69.8 Å². The van der Waals surface area contributed by atoms with Crippen LogP contribution in [0.3, 0.4) is 0 Å². The molecule has 0 amide bonds. The van der Waals surface area contributed by atoms with E-state index in [0.717, 1.165) is 104 Å². The molecule has 0 N–H and O–H groups in total. The van der Waals surface area contributed by atoms with Gasteiger partial charge in [0.15, 0.2) is 5.82 Å². The fraction of sp³-hybridized carbons (Fsp3) is 0. The molecule has 0 bridgehead atoms. The number of furan rings is 1. The van der Waals surface area contributed by atoms with Crippen LogP contribution < -0.4 is 0 Å². The zero-order valence-corrected chi connectivity index (χ0v) is 33.9. The predicted molar refractivity (Wildman–Crippen MR) is 258 cm³/mol. The summed E-state index contributed by atoms with van der Waals surface area (Å²) < 4.78 is 11.1. The lowest BCUT2D eigenvalue weighted by Gasteiger charge is -2.14. The molecule has 13 rings (SSSR count). The van der Waals surface area contributed by atoms with E-state index in [0.29, 0.717) is 17.7 Å². The molecule has 4 aromatic heterocycles. The average molecular weight is 806 g/mol. The number of hydrogen-bond donors (Lipinski definition) is 0. The second-order valence-corrected chi connectivity index (χ2v) is 16.0. The quantitative estimate of drug-likeness (QED) is 0.168. The molecule has 294 valence electrons. The van der Waals surface area contributed by atoms with Crippen LogP contribution in [-0.2, 0) is 0 Å². The third-order valence-corrected chi connectivity index (χ3v) is 12.4. The van der Waals surface area contributed by atoms with Crippen molar-refractivity contribution in [3.63, 3.8) is 0 Å². The Morgan fingerprint density at radius 3 is 1.27 bits per heavy atom. The van der Waals surface area contributed by atoms with E-state index in [1.165, 1.54) is 0 Å². The summed E-state index contributed by atoms with van der Waals surface area (Å²) in [5.74, 6) is 1.52. The number of hydrogen-bond acceptors (Lipinski definition) is 4. The van der Waals surface area contributed by atoms with Gasteiger partial charge in [0.05, 0.1) is 27.6 Å². The van der Waals surface area contributed by atoms with Crippen LogP contribution in [0.5, 0.6) is 0 Å². The lowest BCUT2D eigenvalue weighted by Crippen LogP contribution is -2.10. The van der Waals surface area contributed by atoms with Crippen LogP contribution in [0.15, 0.2) is 217 Å². The summed E-state index contributed by atoms with van der Waals surface area (Å²) in [5, 5.41) is 6.50. The van der Waals surface area contributed by atoms with Crippen molar-refractivity contribution in [2.45, 2.75) is 0 Å². The van der Waals surface area contributed by atoms with E-state index in [9.17, 15) is 0 Å². The van der Waals surface area contributed by atoms with Crippen molar-refractivity contribution in [3.05, 3.63) is 212 Å². The van der Waals surface area contributed by atoms with Gasteiger partial charge in [-0.3, -0.25) is 9.13 Å². The van der Waals surface area contributed by atoms with E-state index < -0.39 is 0 Å². The van der Waals surface area contributed by atoms with Gasteiger partial charge in [0.1, 0.15) is 11.2 Å². The van der Waals surface area contributed by atoms with E-state index in [-0.39, 0.29) is 0 Å². The maximum atomic E-state index is 6.66. The monoisotopic (exact) mass is 805 g/mol. The minimum Gasteiger partial charge on any atom is -0.455 e. The Bertz CT molecular complexity index is 3810. The molecule has 0 aliphatic rings. The first kappa shape index (κ1) is 35.2. The van der Waals surface area contributed by atoms with Gasteiger partial charge in [0.2, 0.25) is 11.9 Å². The van der Waals surface area contributed by atoms with Gasteiger partial charge in [-0.15, -0.1) is 0 Å².